The van der Waals surface area contributed by atoms with E-state index in [9.17, 15) is 14.4 Å². The van der Waals surface area contributed by atoms with Crippen molar-refractivity contribution in [3.8, 4) is 0 Å². The average molecular weight is 357 g/mol. The summed E-state index contributed by atoms with van der Waals surface area (Å²) in [6.45, 7) is 1.58. The highest BCUT2D eigenvalue weighted by molar-refractivity contribution is 5.98. The van der Waals surface area contributed by atoms with E-state index in [2.05, 4.69) is 22.5 Å². The minimum Gasteiger partial charge on any atom is -0.451 e. The van der Waals surface area contributed by atoms with Gasteiger partial charge in [-0.3, -0.25) is 10.1 Å². The normalized spacial score (nSPS) is 19.7. The molecule has 0 saturated heterocycles. The van der Waals surface area contributed by atoms with E-state index in [0.717, 1.165) is 30.2 Å². The van der Waals surface area contributed by atoms with Gasteiger partial charge in [0.25, 0.3) is 5.91 Å². The molecule has 1 aliphatic rings. The molecule has 1 saturated carbocycles. The monoisotopic (exact) mass is 357 g/mol. The maximum atomic E-state index is 12.0. The van der Waals surface area contributed by atoms with Crippen molar-refractivity contribution in [3.05, 3.63) is 36.0 Å². The number of amides is 3. The third-order valence-corrected chi connectivity index (χ3v) is 4.77. The van der Waals surface area contributed by atoms with Crippen LogP contribution < -0.4 is 10.6 Å². The van der Waals surface area contributed by atoms with E-state index < -0.39 is 24.5 Å². The Balaban J connectivity index is 1.45. The largest absolute Gasteiger partial charge is 0.451 e. The number of hydrogen-bond acceptors (Lipinski definition) is 4. The minimum atomic E-state index is -0.657. The number of rotatable bonds is 4. The molecule has 1 aromatic heterocycles. The van der Waals surface area contributed by atoms with Crippen LogP contribution in [0.4, 0.5) is 4.79 Å². The summed E-state index contributed by atoms with van der Waals surface area (Å²) in [4.78, 5) is 38.7. The second-order valence-electron chi connectivity index (χ2n) is 6.74. The summed E-state index contributed by atoms with van der Waals surface area (Å²) < 4.78 is 4.97. The fourth-order valence-corrected chi connectivity index (χ4v) is 3.29. The Labute approximate surface area is 151 Å². The number of H-pyrrole nitrogens is 1. The summed E-state index contributed by atoms with van der Waals surface area (Å²) in [7, 11) is 0. The maximum Gasteiger partial charge on any atom is 0.355 e. The first-order chi connectivity index (χ1) is 12.5. The fraction of sp³-hybridized carbons (Fsp3) is 0.421. The number of ether oxygens (including phenoxy) is 1. The van der Waals surface area contributed by atoms with Crippen LogP contribution in [-0.2, 0) is 9.53 Å². The van der Waals surface area contributed by atoms with Gasteiger partial charge in [-0.2, -0.15) is 0 Å². The number of carbonyl (C=O) groups is 3. The quantitative estimate of drug-likeness (QED) is 0.733. The smallest absolute Gasteiger partial charge is 0.355 e. The Morgan fingerprint density at radius 1 is 1.19 bits per heavy atom. The summed E-state index contributed by atoms with van der Waals surface area (Å²) in [6.07, 6.45) is 4.23. The minimum absolute atomic E-state index is 0.0745. The van der Waals surface area contributed by atoms with Gasteiger partial charge in [0, 0.05) is 16.9 Å². The number of carbonyl (C=O) groups excluding carboxylic acids is 3. The lowest BCUT2D eigenvalue weighted by Crippen LogP contribution is -2.48. The van der Waals surface area contributed by atoms with Crippen LogP contribution in [0.2, 0.25) is 0 Å². The zero-order valence-electron chi connectivity index (χ0n) is 14.7. The molecule has 0 spiro atoms. The van der Waals surface area contributed by atoms with E-state index >= 15 is 0 Å². The number of imide groups is 1. The molecule has 7 nitrogen and oxygen atoms in total. The highest BCUT2D eigenvalue weighted by atomic mass is 16.5. The summed E-state index contributed by atoms with van der Waals surface area (Å²) >= 11 is 0. The molecule has 3 rings (SSSR count). The first kappa shape index (κ1) is 18.0. The van der Waals surface area contributed by atoms with Gasteiger partial charge in [-0.05, 0) is 30.9 Å². The predicted octanol–water partition coefficient (Wildman–Crippen LogP) is 2.73. The van der Waals surface area contributed by atoms with Gasteiger partial charge in [0.1, 0.15) is 5.69 Å². The number of fused-ring (bicyclic) bond motifs is 1. The Kier molecular flexibility index (Phi) is 5.55. The van der Waals surface area contributed by atoms with Crippen molar-refractivity contribution in [1.82, 2.24) is 15.6 Å². The van der Waals surface area contributed by atoms with Crippen molar-refractivity contribution < 1.29 is 19.1 Å². The molecule has 26 heavy (non-hydrogen) atoms. The molecule has 1 fully saturated rings. The summed E-state index contributed by atoms with van der Waals surface area (Å²) in [6, 6.07) is 8.62. The first-order valence-electron chi connectivity index (χ1n) is 8.88. The zero-order valence-corrected chi connectivity index (χ0v) is 14.7. The summed E-state index contributed by atoms with van der Waals surface area (Å²) in [5.41, 5.74) is 1.07. The molecule has 7 heteroatoms. The SMILES string of the molecule is C[C@@H]1CCCC[C@@H]1NC(=O)NC(=O)COC(=O)c1cc2ccccc2[nH]1. The Morgan fingerprint density at radius 3 is 2.73 bits per heavy atom. The molecule has 3 N–H and O–H groups in total. The Morgan fingerprint density at radius 2 is 1.96 bits per heavy atom. The lowest BCUT2D eigenvalue weighted by molar-refractivity contribution is -0.123. The van der Waals surface area contributed by atoms with Crippen LogP contribution >= 0.6 is 0 Å². The Bertz CT molecular complexity index is 781. The van der Waals surface area contributed by atoms with Crippen molar-refractivity contribution in [2.45, 2.75) is 38.6 Å². The van der Waals surface area contributed by atoms with Crippen LogP contribution in [0.15, 0.2) is 30.3 Å². The molecule has 3 amide bonds. The second-order valence-corrected chi connectivity index (χ2v) is 6.74. The van der Waals surface area contributed by atoms with Crippen LogP contribution in [0.3, 0.4) is 0 Å². The molecule has 138 valence electrons. The van der Waals surface area contributed by atoms with Crippen LogP contribution in [-0.4, -0.2) is 35.5 Å². The van der Waals surface area contributed by atoms with Gasteiger partial charge in [0.15, 0.2) is 6.61 Å². The molecule has 0 radical (unpaired) electrons. The van der Waals surface area contributed by atoms with Gasteiger partial charge >= 0.3 is 12.0 Å². The fourth-order valence-electron chi connectivity index (χ4n) is 3.29. The van der Waals surface area contributed by atoms with Crippen molar-refractivity contribution in [1.29, 1.82) is 0 Å². The molecule has 0 aliphatic heterocycles. The molecule has 1 aromatic carbocycles. The van der Waals surface area contributed by atoms with Gasteiger partial charge in [-0.25, -0.2) is 9.59 Å². The maximum absolute atomic E-state index is 12.0. The topological polar surface area (TPSA) is 100 Å². The number of hydrogen-bond donors (Lipinski definition) is 3. The predicted molar refractivity (Wildman–Crippen MR) is 96.7 cm³/mol. The van der Waals surface area contributed by atoms with Crippen LogP contribution in [0, 0.1) is 5.92 Å². The van der Waals surface area contributed by atoms with E-state index in [-0.39, 0.29) is 11.7 Å². The van der Waals surface area contributed by atoms with Gasteiger partial charge < -0.3 is 15.0 Å². The van der Waals surface area contributed by atoms with Gasteiger partial charge in [0.2, 0.25) is 0 Å². The zero-order chi connectivity index (χ0) is 18.5. The van der Waals surface area contributed by atoms with E-state index in [1.807, 2.05) is 24.3 Å². The number of urea groups is 1. The highest BCUT2D eigenvalue weighted by Crippen LogP contribution is 2.23. The summed E-state index contributed by atoms with van der Waals surface area (Å²) in [5, 5.41) is 5.90. The van der Waals surface area contributed by atoms with Gasteiger partial charge in [-0.1, -0.05) is 38.0 Å². The average Bonchev–Trinajstić information content (AvgIpc) is 3.06. The summed E-state index contributed by atoms with van der Waals surface area (Å²) in [5.74, 6) is -0.905. The van der Waals surface area contributed by atoms with E-state index in [1.165, 1.54) is 6.42 Å². The van der Waals surface area contributed by atoms with Crippen LogP contribution in [0.5, 0.6) is 0 Å². The van der Waals surface area contributed by atoms with E-state index in [0.29, 0.717) is 5.92 Å². The number of aromatic amines is 1. The number of nitrogens with one attached hydrogen (secondary N) is 3. The number of aromatic nitrogens is 1. The number of para-hydroxylation sites is 1. The van der Waals surface area contributed by atoms with Crippen LogP contribution in [0.25, 0.3) is 10.9 Å². The lowest BCUT2D eigenvalue weighted by Gasteiger charge is -2.29. The number of esters is 1. The molecule has 0 unspecified atom stereocenters. The van der Waals surface area contributed by atoms with Crippen molar-refractivity contribution in [2.75, 3.05) is 6.61 Å². The molecule has 1 heterocycles. The van der Waals surface area contributed by atoms with Crippen LogP contribution in [0.1, 0.15) is 43.1 Å². The molecule has 2 aromatic rings. The standard InChI is InChI=1S/C19H23N3O4/c1-12-6-2-4-8-14(12)21-19(25)22-17(23)11-26-18(24)16-10-13-7-3-5-9-15(13)20-16/h3,5,7,9-10,12,14,20H,2,4,6,8,11H2,1H3,(H2,21,22,23,25)/t12-,14+/m1/s1. The molecular weight excluding hydrogens is 334 g/mol. The first-order valence-corrected chi connectivity index (χ1v) is 8.88. The molecule has 0 bridgehead atoms. The van der Waals surface area contributed by atoms with Gasteiger partial charge in [0.05, 0.1) is 0 Å². The van der Waals surface area contributed by atoms with E-state index in [1.54, 1.807) is 6.07 Å². The van der Waals surface area contributed by atoms with Crippen molar-refractivity contribution in [3.63, 3.8) is 0 Å². The van der Waals surface area contributed by atoms with Crippen molar-refractivity contribution in [2.24, 2.45) is 5.92 Å². The third kappa shape index (κ3) is 4.41. The van der Waals surface area contributed by atoms with E-state index in [4.69, 9.17) is 4.74 Å². The highest BCUT2D eigenvalue weighted by Gasteiger charge is 2.23. The third-order valence-electron chi connectivity index (χ3n) is 4.77. The second kappa shape index (κ2) is 8.03. The number of benzene rings is 1. The molecule has 2 atom stereocenters. The van der Waals surface area contributed by atoms with Crippen molar-refractivity contribution >= 4 is 28.8 Å². The molecular formula is C19H23N3O4. The lowest BCUT2D eigenvalue weighted by atomic mass is 9.86. The van der Waals surface area contributed by atoms with Gasteiger partial charge in [-0.15, -0.1) is 0 Å². The molecule has 1 aliphatic carbocycles. The Hall–Kier alpha value is -2.83.